The molecule has 0 fully saturated rings. The van der Waals surface area contributed by atoms with Crippen LogP contribution in [-0.2, 0) is 0 Å². The fourth-order valence-electron chi connectivity index (χ4n) is 8.38. The van der Waals surface area contributed by atoms with Gasteiger partial charge in [0.1, 0.15) is 5.01 Å². The summed E-state index contributed by atoms with van der Waals surface area (Å²) < 4.78 is 5.76. The topological polar surface area (TPSA) is 56.5 Å². The van der Waals surface area contributed by atoms with Crippen molar-refractivity contribution in [2.45, 2.75) is 0 Å². The van der Waals surface area contributed by atoms with Gasteiger partial charge in [0, 0.05) is 47.6 Å². The summed E-state index contributed by atoms with van der Waals surface area (Å²) in [4.78, 5) is 20.7. The Hall–Kier alpha value is -7.32. The highest BCUT2D eigenvalue weighted by Gasteiger charge is 2.21. The van der Waals surface area contributed by atoms with Gasteiger partial charge in [-0.3, -0.25) is 4.57 Å². The van der Waals surface area contributed by atoms with Gasteiger partial charge in [0.15, 0.2) is 11.6 Å². The summed E-state index contributed by atoms with van der Waals surface area (Å²) in [6, 6.07) is 66.2. The van der Waals surface area contributed by atoms with Crippen molar-refractivity contribution in [1.82, 2.24) is 24.5 Å². The minimum absolute atomic E-state index is 0.582. The van der Waals surface area contributed by atoms with Crippen molar-refractivity contribution in [3.63, 3.8) is 0 Å². The molecule has 12 aromatic rings. The highest BCUT2D eigenvalue weighted by molar-refractivity contribution is 7.26. The lowest BCUT2D eigenvalue weighted by atomic mass is 9.99. The van der Waals surface area contributed by atoms with Crippen molar-refractivity contribution in [3.05, 3.63) is 188 Å². The van der Waals surface area contributed by atoms with E-state index in [0.717, 1.165) is 53.9 Å². The molecule has 0 bridgehead atoms. The van der Waals surface area contributed by atoms with E-state index in [1.165, 1.54) is 42.2 Å². The van der Waals surface area contributed by atoms with Crippen LogP contribution in [0.4, 0.5) is 0 Å². The molecule has 12 rings (SSSR count). The fraction of sp³-hybridized carbons (Fsp3) is 0. The SMILES string of the molecule is c1ccc(-c2nc(-c3cccc4c3sc3ccc(-c5cccc(-c6nc7ccccc7s6)c5)cc34)nc(-n3c4ccccc4c4c(-c5ccccc5)cccc43)n2)cc1. The highest BCUT2D eigenvalue weighted by Crippen LogP contribution is 2.43. The first-order chi connectivity index (χ1) is 29.2. The zero-order valence-corrected chi connectivity index (χ0v) is 33.1. The molecule has 276 valence electrons. The van der Waals surface area contributed by atoms with E-state index in [1.807, 2.05) is 24.3 Å². The third kappa shape index (κ3) is 5.66. The van der Waals surface area contributed by atoms with Crippen LogP contribution in [-0.4, -0.2) is 24.5 Å². The van der Waals surface area contributed by atoms with E-state index in [-0.39, 0.29) is 0 Å². The van der Waals surface area contributed by atoms with Crippen molar-refractivity contribution >= 4 is 74.9 Å². The van der Waals surface area contributed by atoms with E-state index in [2.05, 4.69) is 168 Å². The lowest BCUT2D eigenvalue weighted by molar-refractivity contribution is 0.954. The van der Waals surface area contributed by atoms with Gasteiger partial charge in [0.2, 0.25) is 5.95 Å². The lowest BCUT2D eigenvalue weighted by Gasteiger charge is -2.11. The third-order valence-corrected chi connectivity index (χ3v) is 13.4. The molecule has 8 aromatic carbocycles. The molecule has 0 saturated heterocycles. The largest absolute Gasteiger partial charge is 0.278 e. The molecule has 4 aromatic heterocycles. The predicted octanol–water partition coefficient (Wildman–Crippen LogP) is 14.3. The van der Waals surface area contributed by atoms with E-state index in [9.17, 15) is 0 Å². The number of hydrogen-bond acceptors (Lipinski definition) is 6. The molecule has 4 heterocycles. The lowest BCUT2D eigenvalue weighted by Crippen LogP contribution is -2.06. The van der Waals surface area contributed by atoms with Crippen LogP contribution in [0.25, 0.3) is 114 Å². The number of benzene rings is 8. The van der Waals surface area contributed by atoms with Crippen LogP contribution in [0, 0.1) is 0 Å². The van der Waals surface area contributed by atoms with E-state index in [1.54, 1.807) is 22.7 Å². The molecule has 59 heavy (non-hydrogen) atoms. The molecule has 7 heteroatoms. The molecule has 0 aliphatic heterocycles. The summed E-state index contributed by atoms with van der Waals surface area (Å²) in [6.45, 7) is 0. The summed E-state index contributed by atoms with van der Waals surface area (Å²) in [5.41, 5.74) is 10.8. The van der Waals surface area contributed by atoms with E-state index >= 15 is 0 Å². The molecular weight excluding hydrogens is 759 g/mol. The van der Waals surface area contributed by atoms with Crippen molar-refractivity contribution in [1.29, 1.82) is 0 Å². The highest BCUT2D eigenvalue weighted by atomic mass is 32.1. The first kappa shape index (κ1) is 33.8. The minimum Gasteiger partial charge on any atom is -0.278 e. The van der Waals surface area contributed by atoms with E-state index < -0.39 is 0 Å². The number of fused-ring (bicyclic) bond motifs is 7. The van der Waals surface area contributed by atoms with Gasteiger partial charge in [-0.05, 0) is 70.8 Å². The zero-order chi connectivity index (χ0) is 38.9. The Balaban J connectivity index is 1.03. The molecule has 0 N–H and O–H groups in total. The van der Waals surface area contributed by atoms with E-state index in [4.69, 9.17) is 19.9 Å². The summed E-state index contributed by atoms with van der Waals surface area (Å²) in [5, 5.41) is 5.75. The van der Waals surface area contributed by atoms with E-state index in [0.29, 0.717) is 17.6 Å². The maximum atomic E-state index is 5.36. The Morgan fingerprint density at radius 3 is 1.92 bits per heavy atom. The predicted molar refractivity (Wildman–Crippen MR) is 247 cm³/mol. The molecule has 0 saturated carbocycles. The molecule has 0 atom stereocenters. The molecule has 0 radical (unpaired) electrons. The molecule has 0 aliphatic carbocycles. The van der Waals surface area contributed by atoms with Crippen molar-refractivity contribution < 1.29 is 0 Å². The average Bonchev–Trinajstić information content (AvgIpc) is 4.01. The molecule has 0 spiro atoms. The molecule has 5 nitrogen and oxygen atoms in total. The third-order valence-electron chi connectivity index (χ3n) is 11.1. The number of aromatic nitrogens is 5. The number of para-hydroxylation sites is 2. The summed E-state index contributed by atoms with van der Waals surface area (Å²) in [6.07, 6.45) is 0. The summed E-state index contributed by atoms with van der Waals surface area (Å²) in [5.74, 6) is 1.85. The van der Waals surface area contributed by atoms with Crippen LogP contribution in [0.5, 0.6) is 0 Å². The molecular formula is C52H31N5S2. The second-order valence-corrected chi connectivity index (χ2v) is 16.7. The van der Waals surface area contributed by atoms with Gasteiger partial charge in [-0.1, -0.05) is 140 Å². The average molecular weight is 790 g/mol. The quantitative estimate of drug-likeness (QED) is 0.168. The second kappa shape index (κ2) is 13.7. The molecule has 0 aliphatic rings. The number of hydrogen-bond donors (Lipinski definition) is 0. The van der Waals surface area contributed by atoms with Crippen molar-refractivity contribution in [2.24, 2.45) is 0 Å². The first-order valence-corrected chi connectivity index (χ1v) is 21.2. The van der Waals surface area contributed by atoms with Crippen molar-refractivity contribution in [3.8, 4) is 61.5 Å². The Kier molecular flexibility index (Phi) is 7.82. The Morgan fingerprint density at radius 2 is 1.03 bits per heavy atom. The monoisotopic (exact) mass is 789 g/mol. The van der Waals surface area contributed by atoms with Gasteiger partial charge in [0.05, 0.1) is 21.3 Å². The summed E-state index contributed by atoms with van der Waals surface area (Å²) >= 11 is 3.52. The van der Waals surface area contributed by atoms with Gasteiger partial charge < -0.3 is 0 Å². The normalized spacial score (nSPS) is 11.7. The van der Waals surface area contributed by atoms with Crippen LogP contribution < -0.4 is 0 Å². The number of rotatable bonds is 6. The van der Waals surface area contributed by atoms with Crippen LogP contribution in [0.15, 0.2) is 188 Å². The Labute approximate surface area is 347 Å². The number of thiophene rings is 1. The van der Waals surface area contributed by atoms with Gasteiger partial charge in [-0.2, -0.15) is 9.97 Å². The van der Waals surface area contributed by atoms with Crippen LogP contribution in [0.1, 0.15) is 0 Å². The van der Waals surface area contributed by atoms with Crippen LogP contribution in [0.3, 0.4) is 0 Å². The fourth-order valence-corrected chi connectivity index (χ4v) is 10.5. The molecule has 0 unspecified atom stereocenters. The van der Waals surface area contributed by atoms with Crippen molar-refractivity contribution in [2.75, 3.05) is 0 Å². The smallest absolute Gasteiger partial charge is 0.238 e. The molecule has 0 amide bonds. The second-order valence-electron chi connectivity index (χ2n) is 14.6. The maximum absolute atomic E-state index is 5.36. The van der Waals surface area contributed by atoms with Crippen LogP contribution >= 0.6 is 22.7 Å². The van der Waals surface area contributed by atoms with Gasteiger partial charge in [-0.15, -0.1) is 22.7 Å². The zero-order valence-electron chi connectivity index (χ0n) is 31.5. The number of thiazole rings is 1. The minimum atomic E-state index is 0.582. The van der Waals surface area contributed by atoms with Crippen LogP contribution in [0.2, 0.25) is 0 Å². The summed E-state index contributed by atoms with van der Waals surface area (Å²) in [7, 11) is 0. The standard InChI is InChI=1S/C52H31N5S2/c1-3-14-32(15-4-1)37-21-13-26-44-47(37)39-20-7-9-25-43(39)57(44)52-55-49(33-16-5-2-6-17-33)54-50(56-52)40-23-12-22-38-41-31-35(28-29-45(41)58-48(38)40)34-18-11-19-36(30-34)51-53-42-24-8-10-27-46(42)59-51/h1-31H. The van der Waals surface area contributed by atoms with Gasteiger partial charge >= 0.3 is 0 Å². The number of nitrogens with zero attached hydrogens (tertiary/aromatic N) is 5. The Bertz CT molecular complexity index is 3530. The van der Waals surface area contributed by atoms with Gasteiger partial charge in [0.25, 0.3) is 0 Å². The maximum Gasteiger partial charge on any atom is 0.238 e. The van der Waals surface area contributed by atoms with Gasteiger partial charge in [-0.25, -0.2) is 9.97 Å². The first-order valence-electron chi connectivity index (χ1n) is 19.5. The Morgan fingerprint density at radius 1 is 0.373 bits per heavy atom.